The Balaban J connectivity index is 2.41. The fourth-order valence-corrected chi connectivity index (χ4v) is 2.08. The predicted molar refractivity (Wildman–Crippen MR) is 54.5 cm³/mol. The fourth-order valence-electron chi connectivity index (χ4n) is 2.08. The predicted octanol–water partition coefficient (Wildman–Crippen LogP) is 0.890. The van der Waals surface area contributed by atoms with Gasteiger partial charge >= 0.3 is 0 Å². The summed E-state index contributed by atoms with van der Waals surface area (Å²) in [7, 11) is 0. The smallest absolute Gasteiger partial charge is 0.242 e. The molecule has 0 radical (unpaired) electrons. The lowest BCUT2D eigenvalue weighted by Gasteiger charge is -2.26. The second kappa shape index (κ2) is 3.62. The van der Waals surface area contributed by atoms with E-state index in [0.717, 1.165) is 18.5 Å². The van der Waals surface area contributed by atoms with Crippen molar-refractivity contribution in [2.24, 2.45) is 5.73 Å². The highest BCUT2D eigenvalue weighted by atomic mass is 19.1. The third-order valence-corrected chi connectivity index (χ3v) is 2.91. The zero-order chi connectivity index (χ0) is 10.9. The van der Waals surface area contributed by atoms with Crippen molar-refractivity contribution in [3.63, 3.8) is 0 Å². The molecule has 1 atom stereocenters. The molecule has 80 valence electrons. The van der Waals surface area contributed by atoms with Gasteiger partial charge in [-0.1, -0.05) is 12.1 Å². The van der Waals surface area contributed by atoms with E-state index >= 15 is 0 Å². The van der Waals surface area contributed by atoms with Crippen LogP contribution in [-0.2, 0) is 10.3 Å². The first-order chi connectivity index (χ1) is 7.15. The van der Waals surface area contributed by atoms with E-state index in [1.807, 2.05) is 0 Å². The summed E-state index contributed by atoms with van der Waals surface area (Å²) in [5.41, 5.74) is 5.35. The number of benzene rings is 1. The first kappa shape index (κ1) is 10.1. The van der Waals surface area contributed by atoms with Gasteiger partial charge in [0, 0.05) is 0 Å². The van der Waals surface area contributed by atoms with Gasteiger partial charge in [-0.25, -0.2) is 4.39 Å². The maximum atomic E-state index is 12.8. The molecule has 0 spiro atoms. The van der Waals surface area contributed by atoms with Crippen molar-refractivity contribution in [2.45, 2.75) is 18.4 Å². The molecule has 1 saturated heterocycles. The lowest BCUT2D eigenvalue weighted by Crippen LogP contribution is -2.48. The van der Waals surface area contributed by atoms with E-state index in [1.165, 1.54) is 12.1 Å². The molecule has 1 heterocycles. The maximum Gasteiger partial charge on any atom is 0.242 e. The minimum Gasteiger partial charge on any atom is -0.368 e. The molecule has 3 N–H and O–H groups in total. The average Bonchev–Trinajstić information content (AvgIpc) is 2.69. The largest absolute Gasteiger partial charge is 0.368 e. The normalized spacial score (nSPS) is 25.4. The van der Waals surface area contributed by atoms with Crippen molar-refractivity contribution in [1.29, 1.82) is 0 Å². The zero-order valence-corrected chi connectivity index (χ0v) is 8.29. The molecule has 1 aliphatic rings. The molecule has 1 aromatic carbocycles. The van der Waals surface area contributed by atoms with Gasteiger partial charge in [0.2, 0.25) is 5.91 Å². The highest BCUT2D eigenvalue weighted by Crippen LogP contribution is 2.30. The molecular formula is C11H13FN2O. The highest BCUT2D eigenvalue weighted by Gasteiger charge is 2.40. The van der Waals surface area contributed by atoms with Crippen LogP contribution in [0.25, 0.3) is 0 Å². The second-order valence-corrected chi connectivity index (χ2v) is 3.81. The monoisotopic (exact) mass is 208 g/mol. The molecule has 3 nitrogen and oxygen atoms in total. The van der Waals surface area contributed by atoms with Crippen LogP contribution in [0, 0.1) is 5.82 Å². The molecule has 1 unspecified atom stereocenters. The molecule has 1 amide bonds. The number of hydrogen-bond acceptors (Lipinski definition) is 2. The van der Waals surface area contributed by atoms with Gasteiger partial charge in [0.1, 0.15) is 11.4 Å². The number of primary amides is 1. The Morgan fingerprint density at radius 3 is 2.53 bits per heavy atom. The number of rotatable bonds is 2. The number of amides is 1. The third kappa shape index (κ3) is 1.61. The van der Waals surface area contributed by atoms with Gasteiger partial charge < -0.3 is 5.73 Å². The summed E-state index contributed by atoms with van der Waals surface area (Å²) in [6, 6.07) is 5.91. The first-order valence-electron chi connectivity index (χ1n) is 4.96. The quantitative estimate of drug-likeness (QED) is 0.758. The average molecular weight is 208 g/mol. The van der Waals surface area contributed by atoms with Gasteiger partial charge in [0.05, 0.1) is 0 Å². The van der Waals surface area contributed by atoms with Gasteiger partial charge in [-0.2, -0.15) is 0 Å². The summed E-state index contributed by atoms with van der Waals surface area (Å²) in [6.07, 6.45) is 1.58. The number of nitrogens with two attached hydrogens (primary N) is 1. The Morgan fingerprint density at radius 2 is 2.07 bits per heavy atom. The van der Waals surface area contributed by atoms with Crippen molar-refractivity contribution in [3.05, 3.63) is 35.6 Å². The lowest BCUT2D eigenvalue weighted by atomic mass is 9.88. The van der Waals surface area contributed by atoms with Crippen molar-refractivity contribution in [3.8, 4) is 0 Å². The number of carbonyl (C=O) groups is 1. The molecule has 0 aliphatic carbocycles. The first-order valence-corrected chi connectivity index (χ1v) is 4.96. The van der Waals surface area contributed by atoms with Crippen molar-refractivity contribution in [2.75, 3.05) is 6.54 Å². The van der Waals surface area contributed by atoms with E-state index < -0.39 is 11.4 Å². The van der Waals surface area contributed by atoms with Gasteiger partial charge in [-0.05, 0) is 37.1 Å². The Hall–Kier alpha value is -1.42. The fraction of sp³-hybridized carbons (Fsp3) is 0.364. The van der Waals surface area contributed by atoms with Crippen LogP contribution in [0.5, 0.6) is 0 Å². The summed E-state index contributed by atoms with van der Waals surface area (Å²) >= 11 is 0. The Morgan fingerprint density at radius 1 is 1.40 bits per heavy atom. The standard InChI is InChI=1S/C11H13FN2O/c12-9-4-2-8(3-5-9)11(10(13)15)6-1-7-14-11/h2-5,14H,1,6-7H2,(H2,13,15). The molecule has 1 aromatic rings. The van der Waals surface area contributed by atoms with Crippen LogP contribution in [-0.4, -0.2) is 12.5 Å². The molecule has 4 heteroatoms. The molecular weight excluding hydrogens is 195 g/mol. The summed E-state index contributed by atoms with van der Waals surface area (Å²) in [5.74, 6) is -0.706. The molecule has 0 aromatic heterocycles. The Bertz CT molecular complexity index is 369. The minimum absolute atomic E-state index is 0.309. The van der Waals surface area contributed by atoms with E-state index in [4.69, 9.17) is 5.73 Å². The van der Waals surface area contributed by atoms with E-state index in [-0.39, 0.29) is 5.82 Å². The number of nitrogens with one attached hydrogen (secondary N) is 1. The summed E-state index contributed by atoms with van der Waals surface area (Å²) in [5, 5.41) is 3.11. The summed E-state index contributed by atoms with van der Waals surface area (Å²) < 4.78 is 12.8. The topological polar surface area (TPSA) is 55.1 Å². The lowest BCUT2D eigenvalue weighted by molar-refractivity contribution is -0.124. The van der Waals surface area contributed by atoms with Crippen LogP contribution in [0.1, 0.15) is 18.4 Å². The minimum atomic E-state index is -0.798. The third-order valence-electron chi connectivity index (χ3n) is 2.91. The Kier molecular flexibility index (Phi) is 2.44. The van der Waals surface area contributed by atoms with Crippen LogP contribution in [0.4, 0.5) is 4.39 Å². The Labute approximate surface area is 87.5 Å². The van der Waals surface area contributed by atoms with Gasteiger partial charge in [-0.15, -0.1) is 0 Å². The van der Waals surface area contributed by atoms with Gasteiger partial charge in [-0.3, -0.25) is 10.1 Å². The van der Waals surface area contributed by atoms with Crippen molar-refractivity contribution in [1.82, 2.24) is 5.32 Å². The molecule has 1 aliphatic heterocycles. The summed E-state index contributed by atoms with van der Waals surface area (Å²) in [4.78, 5) is 11.5. The zero-order valence-electron chi connectivity index (χ0n) is 8.29. The van der Waals surface area contributed by atoms with Crippen molar-refractivity contribution < 1.29 is 9.18 Å². The van der Waals surface area contributed by atoms with Crippen LogP contribution in [0.15, 0.2) is 24.3 Å². The van der Waals surface area contributed by atoms with E-state index in [9.17, 15) is 9.18 Å². The van der Waals surface area contributed by atoms with E-state index in [2.05, 4.69) is 5.32 Å². The van der Waals surface area contributed by atoms with Gasteiger partial charge in [0.25, 0.3) is 0 Å². The molecule has 0 saturated carbocycles. The molecule has 1 fully saturated rings. The number of carbonyl (C=O) groups excluding carboxylic acids is 1. The highest BCUT2D eigenvalue weighted by molar-refractivity contribution is 5.86. The molecule has 0 bridgehead atoms. The maximum absolute atomic E-state index is 12.8. The number of hydrogen-bond donors (Lipinski definition) is 2. The molecule has 2 rings (SSSR count). The van der Waals surface area contributed by atoms with Gasteiger partial charge in [0.15, 0.2) is 0 Å². The summed E-state index contributed by atoms with van der Waals surface area (Å²) in [6.45, 7) is 0.764. The molecule has 15 heavy (non-hydrogen) atoms. The second-order valence-electron chi connectivity index (χ2n) is 3.81. The SMILES string of the molecule is NC(=O)C1(c2ccc(F)cc2)CCCN1. The van der Waals surface area contributed by atoms with Crippen LogP contribution in [0.3, 0.4) is 0 Å². The van der Waals surface area contributed by atoms with Crippen molar-refractivity contribution >= 4 is 5.91 Å². The number of halogens is 1. The van der Waals surface area contributed by atoms with Crippen LogP contribution >= 0.6 is 0 Å². The van der Waals surface area contributed by atoms with E-state index in [0.29, 0.717) is 6.42 Å². The van der Waals surface area contributed by atoms with E-state index in [1.54, 1.807) is 12.1 Å². The van der Waals surface area contributed by atoms with Crippen LogP contribution < -0.4 is 11.1 Å². The van der Waals surface area contributed by atoms with Crippen LogP contribution in [0.2, 0.25) is 0 Å².